The summed E-state index contributed by atoms with van der Waals surface area (Å²) in [5.41, 5.74) is 1.76. The molecule has 98 valence electrons. The highest BCUT2D eigenvalue weighted by atomic mass is 16.2. The van der Waals surface area contributed by atoms with Crippen LogP contribution in [-0.2, 0) is 4.79 Å². The predicted molar refractivity (Wildman–Crippen MR) is 71.4 cm³/mol. The molecule has 0 radical (unpaired) electrons. The van der Waals surface area contributed by atoms with Crippen LogP contribution in [0.4, 0.5) is 0 Å². The largest absolute Gasteiger partial charge is 0.354 e. The maximum absolute atomic E-state index is 11.7. The van der Waals surface area contributed by atoms with Crippen LogP contribution in [0.1, 0.15) is 29.8 Å². The highest BCUT2D eigenvalue weighted by Crippen LogP contribution is 2.02. The summed E-state index contributed by atoms with van der Waals surface area (Å²) in [5.74, 6) is -0.147. The average Bonchev–Trinajstić information content (AvgIpc) is 2.34. The zero-order chi connectivity index (χ0) is 13.5. The maximum Gasteiger partial charge on any atom is 0.251 e. The summed E-state index contributed by atoms with van der Waals surface area (Å²) < 4.78 is 0. The van der Waals surface area contributed by atoms with Gasteiger partial charge in [0, 0.05) is 24.6 Å². The number of nitrogens with one attached hydrogen (secondary N) is 2. The Balaban J connectivity index is 2.29. The molecule has 2 N–H and O–H groups in total. The van der Waals surface area contributed by atoms with Crippen LogP contribution in [0.3, 0.4) is 0 Å². The molecule has 0 spiro atoms. The zero-order valence-corrected chi connectivity index (χ0v) is 11.1. The molecule has 0 fully saturated rings. The number of amides is 2. The zero-order valence-electron chi connectivity index (χ0n) is 11.1. The lowest BCUT2D eigenvalue weighted by atomic mass is 10.1. The van der Waals surface area contributed by atoms with Crippen LogP contribution in [0.15, 0.2) is 24.3 Å². The van der Waals surface area contributed by atoms with Gasteiger partial charge in [0.05, 0.1) is 0 Å². The van der Waals surface area contributed by atoms with E-state index in [1.807, 2.05) is 32.9 Å². The summed E-state index contributed by atoms with van der Waals surface area (Å²) in [7, 11) is 0. The molecule has 2 amide bonds. The second-order valence-electron chi connectivity index (χ2n) is 4.57. The lowest BCUT2D eigenvalue weighted by molar-refractivity contribution is -0.123. The van der Waals surface area contributed by atoms with Crippen molar-refractivity contribution >= 4 is 11.8 Å². The smallest absolute Gasteiger partial charge is 0.251 e. The SMILES string of the molecule is Cc1ccc(C(=O)NCCNC(=O)C(C)C)cc1. The van der Waals surface area contributed by atoms with Crippen molar-refractivity contribution in [3.8, 4) is 0 Å². The van der Waals surface area contributed by atoms with E-state index in [-0.39, 0.29) is 17.7 Å². The number of aryl methyl sites for hydroxylation is 1. The van der Waals surface area contributed by atoms with E-state index in [2.05, 4.69) is 10.6 Å². The number of hydrogen-bond acceptors (Lipinski definition) is 2. The van der Waals surface area contributed by atoms with Gasteiger partial charge in [0.15, 0.2) is 0 Å². The molecule has 1 aromatic carbocycles. The second kappa shape index (κ2) is 6.79. The fourth-order valence-corrected chi connectivity index (χ4v) is 1.37. The number of carbonyl (C=O) groups excluding carboxylic acids is 2. The first-order chi connectivity index (χ1) is 8.50. The molecule has 1 rings (SSSR count). The number of carbonyl (C=O) groups is 2. The van der Waals surface area contributed by atoms with Gasteiger partial charge < -0.3 is 10.6 Å². The Kier molecular flexibility index (Phi) is 5.36. The van der Waals surface area contributed by atoms with Crippen molar-refractivity contribution in [2.45, 2.75) is 20.8 Å². The maximum atomic E-state index is 11.7. The first-order valence-electron chi connectivity index (χ1n) is 6.13. The third kappa shape index (κ3) is 4.57. The van der Waals surface area contributed by atoms with Crippen LogP contribution in [0, 0.1) is 12.8 Å². The number of hydrogen-bond donors (Lipinski definition) is 2. The van der Waals surface area contributed by atoms with Crippen molar-refractivity contribution in [1.29, 1.82) is 0 Å². The van der Waals surface area contributed by atoms with E-state index >= 15 is 0 Å². The normalized spacial score (nSPS) is 10.2. The Morgan fingerprint density at radius 2 is 1.61 bits per heavy atom. The van der Waals surface area contributed by atoms with Crippen molar-refractivity contribution in [3.05, 3.63) is 35.4 Å². The molecule has 1 aromatic rings. The summed E-state index contributed by atoms with van der Waals surface area (Å²) in [6.45, 7) is 6.53. The molecule has 0 aliphatic rings. The molecule has 0 aromatic heterocycles. The van der Waals surface area contributed by atoms with Crippen molar-refractivity contribution in [3.63, 3.8) is 0 Å². The highest BCUT2D eigenvalue weighted by molar-refractivity contribution is 5.94. The summed E-state index contributed by atoms with van der Waals surface area (Å²) in [4.78, 5) is 23.0. The molecule has 0 saturated heterocycles. The van der Waals surface area contributed by atoms with E-state index in [9.17, 15) is 9.59 Å². The fraction of sp³-hybridized carbons (Fsp3) is 0.429. The first kappa shape index (κ1) is 14.2. The van der Waals surface area contributed by atoms with Crippen LogP contribution < -0.4 is 10.6 Å². The monoisotopic (exact) mass is 248 g/mol. The lowest BCUT2D eigenvalue weighted by Gasteiger charge is -2.08. The van der Waals surface area contributed by atoms with Gasteiger partial charge in [-0.05, 0) is 19.1 Å². The van der Waals surface area contributed by atoms with E-state index in [0.29, 0.717) is 18.7 Å². The van der Waals surface area contributed by atoms with Gasteiger partial charge >= 0.3 is 0 Å². The average molecular weight is 248 g/mol. The van der Waals surface area contributed by atoms with E-state index in [4.69, 9.17) is 0 Å². The molecular weight excluding hydrogens is 228 g/mol. The second-order valence-corrected chi connectivity index (χ2v) is 4.57. The Labute approximate surface area is 108 Å². The summed E-state index contributed by atoms with van der Waals surface area (Å²) >= 11 is 0. The molecule has 4 nitrogen and oxygen atoms in total. The molecule has 0 saturated carbocycles. The van der Waals surface area contributed by atoms with Gasteiger partial charge in [-0.1, -0.05) is 31.5 Å². The van der Waals surface area contributed by atoms with Crippen LogP contribution in [-0.4, -0.2) is 24.9 Å². The van der Waals surface area contributed by atoms with Gasteiger partial charge in [-0.25, -0.2) is 0 Å². The number of rotatable bonds is 5. The quantitative estimate of drug-likeness (QED) is 0.776. The van der Waals surface area contributed by atoms with E-state index in [1.54, 1.807) is 12.1 Å². The molecule has 0 aliphatic heterocycles. The minimum Gasteiger partial charge on any atom is -0.354 e. The van der Waals surface area contributed by atoms with Crippen LogP contribution in [0.5, 0.6) is 0 Å². The Morgan fingerprint density at radius 1 is 1.06 bits per heavy atom. The van der Waals surface area contributed by atoms with Crippen molar-refractivity contribution < 1.29 is 9.59 Å². The molecule has 0 bridgehead atoms. The van der Waals surface area contributed by atoms with E-state index in [0.717, 1.165) is 5.56 Å². The van der Waals surface area contributed by atoms with Gasteiger partial charge in [0.2, 0.25) is 5.91 Å². The van der Waals surface area contributed by atoms with Gasteiger partial charge in [-0.3, -0.25) is 9.59 Å². The molecule has 18 heavy (non-hydrogen) atoms. The topological polar surface area (TPSA) is 58.2 Å². The molecule has 0 heterocycles. The molecule has 0 aliphatic carbocycles. The first-order valence-corrected chi connectivity index (χ1v) is 6.13. The fourth-order valence-electron chi connectivity index (χ4n) is 1.37. The van der Waals surface area contributed by atoms with E-state index < -0.39 is 0 Å². The standard InChI is InChI=1S/C14H20N2O2/c1-10(2)13(17)15-8-9-16-14(18)12-6-4-11(3)5-7-12/h4-7,10H,8-9H2,1-3H3,(H,15,17)(H,16,18). The lowest BCUT2D eigenvalue weighted by Crippen LogP contribution is -2.36. The van der Waals surface area contributed by atoms with Crippen molar-refractivity contribution in [2.24, 2.45) is 5.92 Å². The summed E-state index contributed by atoms with van der Waals surface area (Å²) in [6, 6.07) is 7.37. The van der Waals surface area contributed by atoms with Crippen LogP contribution in [0.25, 0.3) is 0 Å². The van der Waals surface area contributed by atoms with Crippen LogP contribution in [0.2, 0.25) is 0 Å². The Morgan fingerprint density at radius 3 is 2.17 bits per heavy atom. The molecule has 0 unspecified atom stereocenters. The minimum atomic E-state index is -0.117. The van der Waals surface area contributed by atoms with Crippen LogP contribution >= 0.6 is 0 Å². The summed E-state index contributed by atoms with van der Waals surface area (Å²) in [5, 5.41) is 5.50. The van der Waals surface area contributed by atoms with E-state index in [1.165, 1.54) is 0 Å². The van der Waals surface area contributed by atoms with Gasteiger partial charge in [0.25, 0.3) is 5.91 Å². The predicted octanol–water partition coefficient (Wildman–Crippen LogP) is 1.50. The van der Waals surface area contributed by atoms with Gasteiger partial charge in [-0.2, -0.15) is 0 Å². The summed E-state index contributed by atoms with van der Waals surface area (Å²) in [6.07, 6.45) is 0. The minimum absolute atomic E-state index is 0.000384. The molecular formula is C14H20N2O2. The molecule has 0 atom stereocenters. The molecule has 4 heteroatoms. The highest BCUT2D eigenvalue weighted by Gasteiger charge is 2.06. The van der Waals surface area contributed by atoms with Gasteiger partial charge in [0.1, 0.15) is 0 Å². The van der Waals surface area contributed by atoms with Crippen molar-refractivity contribution in [1.82, 2.24) is 10.6 Å². The Bertz CT molecular complexity index is 410. The third-order valence-electron chi connectivity index (χ3n) is 2.55. The van der Waals surface area contributed by atoms with Gasteiger partial charge in [-0.15, -0.1) is 0 Å². The Hall–Kier alpha value is -1.84. The number of benzene rings is 1. The third-order valence-corrected chi connectivity index (χ3v) is 2.55. The van der Waals surface area contributed by atoms with Crippen molar-refractivity contribution in [2.75, 3.05) is 13.1 Å².